The zero-order chi connectivity index (χ0) is 17.0. The highest BCUT2D eigenvalue weighted by atomic mass is 35.5. The molecule has 0 aliphatic rings. The van der Waals surface area contributed by atoms with Gasteiger partial charge in [0.05, 0.1) is 4.92 Å². The number of amides is 1. The Labute approximate surface area is 138 Å². The quantitative estimate of drug-likeness (QED) is 0.664. The minimum atomic E-state index is -0.536. The van der Waals surface area contributed by atoms with Crippen LogP contribution in [-0.2, 0) is 4.79 Å². The Morgan fingerprint density at radius 3 is 2.65 bits per heavy atom. The number of benzene rings is 2. The van der Waals surface area contributed by atoms with Crippen molar-refractivity contribution in [2.24, 2.45) is 0 Å². The predicted molar refractivity (Wildman–Crippen MR) is 88.1 cm³/mol. The lowest BCUT2D eigenvalue weighted by molar-refractivity contribution is -0.384. The number of anilines is 1. The summed E-state index contributed by atoms with van der Waals surface area (Å²) in [7, 11) is 0. The maximum absolute atomic E-state index is 11.9. The van der Waals surface area contributed by atoms with Gasteiger partial charge in [-0.2, -0.15) is 0 Å². The lowest BCUT2D eigenvalue weighted by atomic mass is 10.2. The fourth-order valence-corrected chi connectivity index (χ4v) is 2.06. The van der Waals surface area contributed by atoms with Gasteiger partial charge >= 0.3 is 0 Å². The molecule has 0 bridgehead atoms. The fourth-order valence-electron chi connectivity index (χ4n) is 1.94. The molecule has 1 N–H and O–H groups in total. The lowest BCUT2D eigenvalue weighted by Gasteiger charge is -2.09. The van der Waals surface area contributed by atoms with Gasteiger partial charge in [0.1, 0.15) is 11.4 Å². The number of rotatable bonds is 5. The van der Waals surface area contributed by atoms with Crippen LogP contribution in [-0.4, -0.2) is 17.4 Å². The number of nitro benzene ring substituents is 1. The summed E-state index contributed by atoms with van der Waals surface area (Å²) in [6.07, 6.45) is 0. The van der Waals surface area contributed by atoms with Crippen LogP contribution in [0.1, 0.15) is 11.1 Å². The van der Waals surface area contributed by atoms with Crippen molar-refractivity contribution in [3.63, 3.8) is 0 Å². The molecule has 0 heterocycles. The van der Waals surface area contributed by atoms with Gasteiger partial charge in [0.2, 0.25) is 0 Å². The first-order valence-electron chi connectivity index (χ1n) is 6.80. The van der Waals surface area contributed by atoms with Crippen LogP contribution in [0, 0.1) is 24.0 Å². The normalized spacial score (nSPS) is 10.2. The molecule has 1 amide bonds. The first-order valence-corrected chi connectivity index (χ1v) is 7.18. The van der Waals surface area contributed by atoms with Gasteiger partial charge in [0, 0.05) is 11.1 Å². The summed E-state index contributed by atoms with van der Waals surface area (Å²) in [5, 5.41) is 14.1. The molecule has 0 aliphatic carbocycles. The molecule has 0 saturated carbocycles. The third-order valence-electron chi connectivity index (χ3n) is 3.12. The number of hydrogen-bond acceptors (Lipinski definition) is 4. The number of ether oxygens (including phenoxy) is 1. The first-order chi connectivity index (χ1) is 10.9. The number of nitro groups is 1. The molecule has 0 aromatic heterocycles. The fraction of sp³-hybridized carbons (Fsp3) is 0.188. The van der Waals surface area contributed by atoms with Crippen molar-refractivity contribution in [3.05, 3.63) is 62.7 Å². The summed E-state index contributed by atoms with van der Waals surface area (Å²) in [5.41, 5.74) is 1.56. The monoisotopic (exact) mass is 334 g/mol. The number of aryl methyl sites for hydroxylation is 2. The lowest BCUT2D eigenvalue weighted by Crippen LogP contribution is -2.20. The Morgan fingerprint density at radius 1 is 1.26 bits per heavy atom. The van der Waals surface area contributed by atoms with E-state index in [2.05, 4.69) is 5.32 Å². The van der Waals surface area contributed by atoms with Crippen molar-refractivity contribution in [1.82, 2.24) is 0 Å². The van der Waals surface area contributed by atoms with Gasteiger partial charge < -0.3 is 10.1 Å². The summed E-state index contributed by atoms with van der Waals surface area (Å²) < 4.78 is 5.36. The van der Waals surface area contributed by atoms with Crippen molar-refractivity contribution in [3.8, 4) is 5.75 Å². The van der Waals surface area contributed by atoms with Gasteiger partial charge in [-0.3, -0.25) is 14.9 Å². The van der Waals surface area contributed by atoms with Crippen molar-refractivity contribution >= 4 is 28.9 Å². The van der Waals surface area contributed by atoms with E-state index in [0.29, 0.717) is 10.8 Å². The van der Waals surface area contributed by atoms with E-state index in [1.54, 1.807) is 31.2 Å². The standard InChI is InChI=1S/C16H15ClN2O4/c1-10-3-6-14(15(7-10)19(21)22)18-16(20)9-23-12-4-5-13(17)11(2)8-12/h3-8H,9H2,1-2H3,(H,18,20). The molecule has 0 atom stereocenters. The van der Waals surface area contributed by atoms with E-state index in [0.717, 1.165) is 11.1 Å². The number of carbonyl (C=O) groups excluding carboxylic acids is 1. The van der Waals surface area contributed by atoms with Crippen molar-refractivity contribution in [2.45, 2.75) is 13.8 Å². The minimum Gasteiger partial charge on any atom is -0.484 e. The Kier molecular flexibility index (Phi) is 5.18. The molecule has 0 radical (unpaired) electrons. The summed E-state index contributed by atoms with van der Waals surface area (Å²) >= 11 is 5.91. The molecule has 0 unspecified atom stereocenters. The van der Waals surface area contributed by atoms with Gasteiger partial charge in [-0.15, -0.1) is 0 Å². The summed E-state index contributed by atoms with van der Waals surface area (Å²) in [4.78, 5) is 22.4. The molecule has 2 aromatic carbocycles. The van der Waals surface area contributed by atoms with Crippen molar-refractivity contribution in [2.75, 3.05) is 11.9 Å². The number of nitrogens with zero attached hydrogens (tertiary/aromatic N) is 1. The molecule has 2 rings (SSSR count). The molecule has 120 valence electrons. The Morgan fingerprint density at radius 2 is 2.00 bits per heavy atom. The maximum atomic E-state index is 11.9. The molecule has 23 heavy (non-hydrogen) atoms. The average molecular weight is 335 g/mol. The molecule has 2 aromatic rings. The van der Waals surface area contributed by atoms with Gasteiger partial charge in [0.25, 0.3) is 11.6 Å². The second-order valence-corrected chi connectivity index (χ2v) is 5.43. The number of nitrogens with one attached hydrogen (secondary N) is 1. The van der Waals surface area contributed by atoms with Crippen LogP contribution in [0.2, 0.25) is 5.02 Å². The Bertz CT molecular complexity index is 762. The molecular weight excluding hydrogens is 320 g/mol. The molecule has 0 saturated heterocycles. The number of hydrogen-bond donors (Lipinski definition) is 1. The van der Waals surface area contributed by atoms with E-state index < -0.39 is 10.8 Å². The van der Waals surface area contributed by atoms with Gasteiger partial charge in [-0.25, -0.2) is 0 Å². The zero-order valence-electron chi connectivity index (χ0n) is 12.6. The van der Waals surface area contributed by atoms with E-state index in [1.807, 2.05) is 6.92 Å². The van der Waals surface area contributed by atoms with Crippen molar-refractivity contribution in [1.29, 1.82) is 0 Å². The van der Waals surface area contributed by atoms with E-state index in [4.69, 9.17) is 16.3 Å². The van der Waals surface area contributed by atoms with Crippen LogP contribution < -0.4 is 10.1 Å². The Hall–Kier alpha value is -2.60. The average Bonchev–Trinajstić information content (AvgIpc) is 2.50. The van der Waals surface area contributed by atoms with E-state index >= 15 is 0 Å². The van der Waals surface area contributed by atoms with Crippen LogP contribution in [0.25, 0.3) is 0 Å². The SMILES string of the molecule is Cc1ccc(NC(=O)COc2ccc(Cl)c(C)c2)c([N+](=O)[O-])c1. The summed E-state index contributed by atoms with van der Waals surface area (Å²) in [5.74, 6) is 0.0185. The molecule has 0 aliphatic heterocycles. The van der Waals surface area contributed by atoms with E-state index in [-0.39, 0.29) is 18.0 Å². The highest BCUT2D eigenvalue weighted by Crippen LogP contribution is 2.25. The Balaban J connectivity index is 2.02. The molecule has 0 spiro atoms. The van der Waals surface area contributed by atoms with Crippen LogP contribution in [0.5, 0.6) is 5.75 Å². The molecule has 0 fully saturated rings. The maximum Gasteiger partial charge on any atom is 0.293 e. The second-order valence-electron chi connectivity index (χ2n) is 5.03. The minimum absolute atomic E-state index is 0.140. The number of carbonyl (C=O) groups is 1. The number of halogens is 1. The van der Waals surface area contributed by atoms with Crippen LogP contribution in [0.15, 0.2) is 36.4 Å². The molecule has 7 heteroatoms. The van der Waals surface area contributed by atoms with Crippen LogP contribution >= 0.6 is 11.6 Å². The molecule has 6 nitrogen and oxygen atoms in total. The van der Waals surface area contributed by atoms with Crippen LogP contribution in [0.3, 0.4) is 0 Å². The topological polar surface area (TPSA) is 81.5 Å². The second kappa shape index (κ2) is 7.11. The van der Waals surface area contributed by atoms with E-state index in [9.17, 15) is 14.9 Å². The first kappa shape index (κ1) is 16.8. The summed E-state index contributed by atoms with van der Waals surface area (Å²) in [6, 6.07) is 9.62. The van der Waals surface area contributed by atoms with Crippen LogP contribution in [0.4, 0.5) is 11.4 Å². The van der Waals surface area contributed by atoms with E-state index in [1.165, 1.54) is 12.1 Å². The van der Waals surface area contributed by atoms with Gasteiger partial charge in [0.15, 0.2) is 6.61 Å². The largest absolute Gasteiger partial charge is 0.484 e. The third kappa shape index (κ3) is 4.43. The third-order valence-corrected chi connectivity index (χ3v) is 3.55. The van der Waals surface area contributed by atoms with Gasteiger partial charge in [-0.05, 0) is 49.2 Å². The smallest absolute Gasteiger partial charge is 0.293 e. The zero-order valence-corrected chi connectivity index (χ0v) is 13.4. The van der Waals surface area contributed by atoms with Crippen molar-refractivity contribution < 1.29 is 14.5 Å². The highest BCUT2D eigenvalue weighted by molar-refractivity contribution is 6.31. The molecular formula is C16H15ClN2O4. The highest BCUT2D eigenvalue weighted by Gasteiger charge is 2.16. The van der Waals surface area contributed by atoms with Gasteiger partial charge in [-0.1, -0.05) is 17.7 Å². The predicted octanol–water partition coefficient (Wildman–Crippen LogP) is 3.88. The summed E-state index contributed by atoms with van der Waals surface area (Å²) in [6.45, 7) is 3.31.